The predicted molar refractivity (Wildman–Crippen MR) is 218 cm³/mol. The second kappa shape index (κ2) is 15.3. The third-order valence-corrected chi connectivity index (χ3v) is 16.8. The molecule has 0 saturated carbocycles. The summed E-state index contributed by atoms with van der Waals surface area (Å²) >= 11 is 3.67. The highest BCUT2D eigenvalue weighted by atomic mass is 79.9. The molecule has 55 heavy (non-hydrogen) atoms. The fourth-order valence-electron chi connectivity index (χ4n) is 9.15. The molecule has 0 bridgehead atoms. The SMILES string of the molecule is COc1ccc([Si](C)(C)[C@H]2[C@H](CC(=O)N3Cc4ccccc4C[C@H]3CO)O[C@@]3(C(=O)N(Cc4cccc(NC(=O)[C@H](C)O)c4)c4ccc(Br)cc43)[C@@H]2C)cc1. The van der Waals surface area contributed by atoms with Crippen LogP contribution in [0.2, 0.25) is 18.6 Å². The van der Waals surface area contributed by atoms with Gasteiger partial charge in [-0.2, -0.15) is 0 Å². The maximum atomic E-state index is 15.3. The number of rotatable bonds is 10. The third-order valence-electron chi connectivity index (χ3n) is 12.0. The molecule has 3 aliphatic rings. The summed E-state index contributed by atoms with van der Waals surface area (Å²) in [5, 5.41) is 24.1. The van der Waals surface area contributed by atoms with Crippen LogP contribution in [0.25, 0.3) is 0 Å². The number of ether oxygens (including phenoxy) is 2. The number of nitrogens with one attached hydrogen (secondary N) is 1. The summed E-state index contributed by atoms with van der Waals surface area (Å²) in [6, 6.07) is 28.9. The van der Waals surface area contributed by atoms with E-state index in [1.165, 1.54) is 6.92 Å². The smallest absolute Gasteiger partial charge is 0.264 e. The van der Waals surface area contributed by atoms with Gasteiger partial charge in [0.05, 0.1) is 52.6 Å². The number of nitrogens with zero attached hydrogens (tertiary/aromatic N) is 2. The zero-order valence-electron chi connectivity index (χ0n) is 31.8. The average molecular weight is 827 g/mol. The number of benzene rings is 4. The van der Waals surface area contributed by atoms with Gasteiger partial charge < -0.3 is 34.8 Å². The van der Waals surface area contributed by atoms with Crippen molar-refractivity contribution in [2.75, 3.05) is 23.9 Å². The molecule has 1 fully saturated rings. The Morgan fingerprint density at radius 2 is 1.76 bits per heavy atom. The molecule has 3 amide bonds. The Bertz CT molecular complexity index is 2110. The summed E-state index contributed by atoms with van der Waals surface area (Å²) in [5.41, 5.74) is 3.42. The maximum absolute atomic E-state index is 15.3. The molecule has 6 atom stereocenters. The first kappa shape index (κ1) is 38.9. The Morgan fingerprint density at radius 3 is 2.45 bits per heavy atom. The molecule has 12 heteroatoms. The number of methoxy groups -OCH3 is 1. The fourth-order valence-corrected chi connectivity index (χ4v) is 13.5. The van der Waals surface area contributed by atoms with Gasteiger partial charge in [0.15, 0.2) is 5.60 Å². The van der Waals surface area contributed by atoms with Gasteiger partial charge in [-0.1, -0.05) is 89.7 Å². The standard InChI is InChI=1S/C43H48BrN3O7Si/c1-26-40(55(4,5)35-16-14-34(53-3)15-17-35)38(22-39(50)46-24-30-11-7-6-10-29(30)20-33(46)25-48)54-43(26)36-21-31(44)13-18-37(36)47(42(43)52)23-28-9-8-12-32(19-28)45-41(51)27(2)49/h6-19,21,26-27,33,38,40,48-49H,20,22-25H2,1-5H3,(H,45,51)/t26-,27+,33+,38+,40-,43+/m1/s1. The van der Waals surface area contributed by atoms with Crippen molar-refractivity contribution in [3.63, 3.8) is 0 Å². The zero-order chi connectivity index (χ0) is 39.2. The van der Waals surface area contributed by atoms with Gasteiger partial charge in [0, 0.05) is 28.2 Å². The van der Waals surface area contributed by atoms with Gasteiger partial charge in [-0.25, -0.2) is 0 Å². The molecule has 0 aromatic heterocycles. The minimum absolute atomic E-state index is 0.0592. The van der Waals surface area contributed by atoms with Gasteiger partial charge >= 0.3 is 0 Å². The highest BCUT2D eigenvalue weighted by Gasteiger charge is 2.66. The van der Waals surface area contributed by atoms with Crippen LogP contribution in [0.5, 0.6) is 5.75 Å². The van der Waals surface area contributed by atoms with Crippen LogP contribution in [-0.2, 0) is 44.2 Å². The van der Waals surface area contributed by atoms with E-state index < -0.39 is 31.8 Å². The Balaban J connectivity index is 1.28. The van der Waals surface area contributed by atoms with Crippen LogP contribution < -0.4 is 20.1 Å². The van der Waals surface area contributed by atoms with Crippen molar-refractivity contribution in [1.29, 1.82) is 0 Å². The Labute approximate surface area is 331 Å². The van der Waals surface area contributed by atoms with Crippen molar-refractivity contribution < 1.29 is 34.1 Å². The molecular weight excluding hydrogens is 778 g/mol. The number of hydrogen-bond donors (Lipinski definition) is 3. The monoisotopic (exact) mass is 825 g/mol. The van der Waals surface area contributed by atoms with Crippen molar-refractivity contribution in [2.45, 2.75) is 82.3 Å². The lowest BCUT2D eigenvalue weighted by Gasteiger charge is -2.39. The second-order valence-electron chi connectivity index (χ2n) is 15.6. The Morgan fingerprint density at radius 1 is 1.04 bits per heavy atom. The first-order chi connectivity index (χ1) is 26.3. The van der Waals surface area contributed by atoms with Gasteiger partial charge in [0.2, 0.25) is 5.91 Å². The van der Waals surface area contributed by atoms with Gasteiger partial charge in [0.25, 0.3) is 11.8 Å². The van der Waals surface area contributed by atoms with E-state index >= 15 is 4.79 Å². The second-order valence-corrected chi connectivity index (χ2v) is 21.2. The molecule has 3 N–H and O–H groups in total. The molecule has 0 radical (unpaired) electrons. The molecule has 4 aromatic carbocycles. The molecule has 4 aromatic rings. The van der Waals surface area contributed by atoms with E-state index in [0.717, 1.165) is 43.4 Å². The minimum Gasteiger partial charge on any atom is -0.497 e. The fraction of sp³-hybridized carbons (Fsp3) is 0.372. The molecule has 288 valence electrons. The van der Waals surface area contributed by atoms with E-state index in [1.807, 2.05) is 54.6 Å². The number of carbonyl (C=O) groups excluding carboxylic acids is 3. The summed E-state index contributed by atoms with van der Waals surface area (Å²) in [4.78, 5) is 45.7. The van der Waals surface area contributed by atoms with E-state index in [0.29, 0.717) is 18.7 Å². The Kier molecular flexibility index (Phi) is 10.8. The highest BCUT2D eigenvalue weighted by Crippen LogP contribution is 2.60. The molecular formula is C43H48BrN3O7Si. The molecule has 3 aliphatic heterocycles. The largest absolute Gasteiger partial charge is 0.497 e. The first-order valence-corrected chi connectivity index (χ1v) is 22.6. The van der Waals surface area contributed by atoms with E-state index in [4.69, 9.17) is 9.47 Å². The number of halogens is 1. The van der Waals surface area contributed by atoms with Gasteiger partial charge in [-0.15, -0.1) is 0 Å². The molecule has 7 rings (SSSR count). The lowest BCUT2D eigenvalue weighted by Crippen LogP contribution is -2.52. The van der Waals surface area contributed by atoms with Crippen molar-refractivity contribution in [1.82, 2.24) is 4.90 Å². The lowest BCUT2D eigenvalue weighted by atomic mass is 9.82. The third kappa shape index (κ3) is 7.03. The summed E-state index contributed by atoms with van der Waals surface area (Å²) in [6.07, 6.45) is -1.14. The highest BCUT2D eigenvalue weighted by molar-refractivity contribution is 9.10. The normalized spacial score (nSPS) is 23.7. The summed E-state index contributed by atoms with van der Waals surface area (Å²) in [6.45, 7) is 8.53. The van der Waals surface area contributed by atoms with Crippen molar-refractivity contribution in [3.05, 3.63) is 118 Å². The van der Waals surface area contributed by atoms with Crippen molar-refractivity contribution >= 4 is 58.3 Å². The van der Waals surface area contributed by atoms with Gasteiger partial charge in [-0.3, -0.25) is 14.4 Å². The molecule has 0 aliphatic carbocycles. The Hall–Kier alpha value is -4.33. The van der Waals surface area contributed by atoms with Crippen LogP contribution >= 0.6 is 15.9 Å². The number of hydrogen-bond acceptors (Lipinski definition) is 7. The van der Waals surface area contributed by atoms with E-state index in [2.05, 4.69) is 59.5 Å². The van der Waals surface area contributed by atoms with Crippen LogP contribution in [-0.4, -0.2) is 72.9 Å². The number of aliphatic hydroxyl groups excluding tert-OH is 2. The van der Waals surface area contributed by atoms with E-state index in [-0.39, 0.29) is 48.9 Å². The van der Waals surface area contributed by atoms with E-state index in [1.54, 1.807) is 35.1 Å². The molecule has 0 unspecified atom stereocenters. The molecule has 10 nitrogen and oxygen atoms in total. The average Bonchev–Trinajstić information content (AvgIpc) is 3.59. The summed E-state index contributed by atoms with van der Waals surface area (Å²) in [5.74, 6) is -0.410. The van der Waals surface area contributed by atoms with Crippen LogP contribution in [0.15, 0.2) is 95.5 Å². The van der Waals surface area contributed by atoms with Crippen LogP contribution in [0, 0.1) is 5.92 Å². The number of carbonyl (C=O) groups is 3. The number of aliphatic hydroxyl groups is 2. The molecule has 1 saturated heterocycles. The van der Waals surface area contributed by atoms with Crippen LogP contribution in [0.3, 0.4) is 0 Å². The van der Waals surface area contributed by atoms with Crippen molar-refractivity contribution in [3.8, 4) is 5.75 Å². The summed E-state index contributed by atoms with van der Waals surface area (Å²) in [7, 11) is -0.896. The van der Waals surface area contributed by atoms with Gasteiger partial charge in [0.1, 0.15) is 11.9 Å². The molecule has 1 spiro atoms. The number of anilines is 2. The lowest BCUT2D eigenvalue weighted by molar-refractivity contribution is -0.151. The van der Waals surface area contributed by atoms with E-state index in [9.17, 15) is 19.8 Å². The van der Waals surface area contributed by atoms with Crippen LogP contribution in [0.4, 0.5) is 11.4 Å². The predicted octanol–water partition coefficient (Wildman–Crippen LogP) is 5.88. The minimum atomic E-state index is -2.54. The van der Waals surface area contributed by atoms with Crippen molar-refractivity contribution in [2.24, 2.45) is 5.92 Å². The quantitative estimate of drug-likeness (QED) is 0.171. The topological polar surface area (TPSA) is 129 Å². The maximum Gasteiger partial charge on any atom is 0.264 e. The molecule has 3 heterocycles. The first-order valence-electron chi connectivity index (χ1n) is 18.8. The van der Waals surface area contributed by atoms with Crippen LogP contribution in [0.1, 0.15) is 42.5 Å². The zero-order valence-corrected chi connectivity index (χ0v) is 34.4. The summed E-state index contributed by atoms with van der Waals surface area (Å²) < 4.78 is 13.5. The number of fused-ring (bicyclic) bond motifs is 3. The van der Waals surface area contributed by atoms with Gasteiger partial charge in [-0.05, 0) is 78.0 Å². The number of amides is 3.